The van der Waals surface area contributed by atoms with Crippen LogP contribution in [0.25, 0.3) is 0 Å². The van der Waals surface area contributed by atoms with Gasteiger partial charge in [-0.15, -0.1) is 0 Å². The number of para-hydroxylation sites is 1. The molecule has 142 valence electrons. The van der Waals surface area contributed by atoms with E-state index in [0.29, 0.717) is 12.2 Å². The molecule has 0 atom stereocenters. The van der Waals surface area contributed by atoms with E-state index in [1.54, 1.807) is 24.3 Å². The normalized spacial score (nSPS) is 9.77. The van der Waals surface area contributed by atoms with Crippen LogP contribution in [-0.4, -0.2) is 57.7 Å². The maximum absolute atomic E-state index is 12.0. The predicted molar refractivity (Wildman–Crippen MR) is 90.5 cm³/mol. The highest BCUT2D eigenvalue weighted by Crippen LogP contribution is 2.16. The van der Waals surface area contributed by atoms with Gasteiger partial charge >= 0.3 is 11.9 Å². The molecule has 0 radical (unpaired) electrons. The first-order valence-corrected chi connectivity index (χ1v) is 7.88. The number of hydrogen-bond acceptors (Lipinski definition) is 7. The van der Waals surface area contributed by atoms with Crippen LogP contribution in [0.3, 0.4) is 0 Å². The van der Waals surface area contributed by atoms with Gasteiger partial charge < -0.3 is 24.8 Å². The Labute approximate surface area is 151 Å². The third-order valence-corrected chi connectivity index (χ3v) is 3.22. The van der Waals surface area contributed by atoms with Crippen LogP contribution in [0.5, 0.6) is 5.75 Å². The van der Waals surface area contributed by atoms with Gasteiger partial charge in [-0.05, 0) is 18.6 Å². The molecule has 1 aromatic rings. The van der Waals surface area contributed by atoms with Gasteiger partial charge in [-0.25, -0.2) is 0 Å². The lowest BCUT2D eigenvalue weighted by Crippen LogP contribution is -2.34. The number of rotatable bonds is 10. The summed E-state index contributed by atoms with van der Waals surface area (Å²) in [5.74, 6) is -1.73. The SMILES string of the molecule is COC(=O)CCCNC(=O)COC(=O)CNC(=O)c1ccccc1OC. The molecule has 0 aliphatic heterocycles. The minimum atomic E-state index is -0.752. The number of carbonyl (C=O) groups is 4. The second-order valence-corrected chi connectivity index (χ2v) is 5.07. The van der Waals surface area contributed by atoms with Crippen molar-refractivity contribution in [2.75, 3.05) is 33.9 Å². The highest BCUT2D eigenvalue weighted by Gasteiger charge is 2.14. The molecule has 0 saturated carbocycles. The van der Waals surface area contributed by atoms with E-state index >= 15 is 0 Å². The molecule has 0 aromatic heterocycles. The maximum Gasteiger partial charge on any atom is 0.325 e. The number of nitrogens with one attached hydrogen (secondary N) is 2. The molecule has 0 spiro atoms. The summed E-state index contributed by atoms with van der Waals surface area (Å²) >= 11 is 0. The number of methoxy groups -OCH3 is 2. The summed E-state index contributed by atoms with van der Waals surface area (Å²) in [7, 11) is 2.72. The molecule has 9 nitrogen and oxygen atoms in total. The van der Waals surface area contributed by atoms with Gasteiger partial charge in [-0.3, -0.25) is 19.2 Å². The van der Waals surface area contributed by atoms with E-state index in [1.807, 2.05) is 0 Å². The van der Waals surface area contributed by atoms with E-state index in [-0.39, 0.29) is 31.0 Å². The van der Waals surface area contributed by atoms with E-state index < -0.39 is 24.4 Å². The topological polar surface area (TPSA) is 120 Å². The lowest BCUT2D eigenvalue weighted by molar-refractivity contribution is -0.147. The third kappa shape index (κ3) is 7.65. The second-order valence-electron chi connectivity index (χ2n) is 5.07. The zero-order chi connectivity index (χ0) is 19.4. The van der Waals surface area contributed by atoms with Gasteiger partial charge in [0.05, 0.1) is 19.8 Å². The first-order valence-electron chi connectivity index (χ1n) is 7.88. The van der Waals surface area contributed by atoms with Crippen molar-refractivity contribution < 1.29 is 33.4 Å². The van der Waals surface area contributed by atoms with Gasteiger partial charge in [0.2, 0.25) is 0 Å². The van der Waals surface area contributed by atoms with Crippen LogP contribution >= 0.6 is 0 Å². The van der Waals surface area contributed by atoms with Gasteiger partial charge in [0, 0.05) is 13.0 Å². The number of carbonyl (C=O) groups excluding carboxylic acids is 4. The van der Waals surface area contributed by atoms with E-state index in [9.17, 15) is 19.2 Å². The van der Waals surface area contributed by atoms with Crippen molar-refractivity contribution in [1.29, 1.82) is 0 Å². The van der Waals surface area contributed by atoms with E-state index in [1.165, 1.54) is 14.2 Å². The molecule has 0 aliphatic rings. The Hall–Kier alpha value is -3.10. The Balaban J connectivity index is 2.24. The van der Waals surface area contributed by atoms with Crippen molar-refractivity contribution in [2.24, 2.45) is 0 Å². The summed E-state index contributed by atoms with van der Waals surface area (Å²) in [6.45, 7) is -0.593. The van der Waals surface area contributed by atoms with Crippen molar-refractivity contribution in [1.82, 2.24) is 10.6 Å². The molecular weight excluding hydrogens is 344 g/mol. The van der Waals surface area contributed by atoms with Crippen LogP contribution in [0.15, 0.2) is 24.3 Å². The molecule has 0 unspecified atom stereocenters. The monoisotopic (exact) mass is 366 g/mol. The first-order chi connectivity index (χ1) is 12.5. The number of ether oxygens (including phenoxy) is 3. The van der Waals surface area contributed by atoms with Gasteiger partial charge in [0.25, 0.3) is 11.8 Å². The third-order valence-electron chi connectivity index (χ3n) is 3.22. The van der Waals surface area contributed by atoms with Crippen molar-refractivity contribution in [3.8, 4) is 5.75 Å². The number of hydrogen-bond donors (Lipinski definition) is 2. The summed E-state index contributed by atoms with van der Waals surface area (Å²) in [4.78, 5) is 46.0. The number of esters is 2. The highest BCUT2D eigenvalue weighted by molar-refractivity contribution is 5.98. The van der Waals surface area contributed by atoms with Crippen molar-refractivity contribution >= 4 is 23.8 Å². The average molecular weight is 366 g/mol. The Morgan fingerprint density at radius 3 is 2.42 bits per heavy atom. The summed E-state index contributed by atoms with van der Waals surface area (Å²) in [6, 6.07) is 6.56. The Morgan fingerprint density at radius 2 is 1.73 bits per heavy atom. The fraction of sp³-hybridized carbons (Fsp3) is 0.412. The maximum atomic E-state index is 12.0. The van der Waals surface area contributed by atoms with Crippen molar-refractivity contribution in [3.05, 3.63) is 29.8 Å². The molecule has 0 heterocycles. The molecular formula is C17H22N2O7. The lowest BCUT2D eigenvalue weighted by atomic mass is 10.2. The fourth-order valence-electron chi connectivity index (χ4n) is 1.89. The van der Waals surface area contributed by atoms with Gasteiger partial charge in [-0.1, -0.05) is 12.1 Å². The quantitative estimate of drug-likeness (QED) is 0.443. The zero-order valence-corrected chi connectivity index (χ0v) is 14.7. The minimum absolute atomic E-state index is 0.186. The summed E-state index contributed by atoms with van der Waals surface area (Å²) < 4.78 is 14.3. The lowest BCUT2D eigenvalue weighted by Gasteiger charge is -2.09. The molecule has 2 N–H and O–H groups in total. The van der Waals surface area contributed by atoms with E-state index in [0.717, 1.165) is 0 Å². The fourth-order valence-corrected chi connectivity index (χ4v) is 1.89. The average Bonchev–Trinajstić information content (AvgIpc) is 2.67. The van der Waals surface area contributed by atoms with Crippen LogP contribution in [0.1, 0.15) is 23.2 Å². The van der Waals surface area contributed by atoms with Crippen LogP contribution < -0.4 is 15.4 Å². The molecule has 0 bridgehead atoms. The second kappa shape index (κ2) is 11.5. The first kappa shape index (κ1) is 20.9. The molecule has 1 aromatic carbocycles. The Morgan fingerprint density at radius 1 is 1.00 bits per heavy atom. The summed E-state index contributed by atoms with van der Waals surface area (Å²) in [5, 5.41) is 4.89. The molecule has 0 aliphatic carbocycles. The highest BCUT2D eigenvalue weighted by atomic mass is 16.5. The largest absolute Gasteiger partial charge is 0.496 e. The van der Waals surface area contributed by atoms with Crippen LogP contribution in [0.4, 0.5) is 0 Å². The summed E-state index contributed by atoms with van der Waals surface area (Å²) in [5.41, 5.74) is 0.283. The van der Waals surface area contributed by atoms with Crippen molar-refractivity contribution in [2.45, 2.75) is 12.8 Å². The molecule has 0 fully saturated rings. The van der Waals surface area contributed by atoms with E-state index in [2.05, 4.69) is 15.4 Å². The minimum Gasteiger partial charge on any atom is -0.496 e. The zero-order valence-electron chi connectivity index (χ0n) is 14.7. The van der Waals surface area contributed by atoms with Crippen molar-refractivity contribution in [3.63, 3.8) is 0 Å². The van der Waals surface area contributed by atoms with E-state index in [4.69, 9.17) is 9.47 Å². The van der Waals surface area contributed by atoms with Crippen LogP contribution in [0, 0.1) is 0 Å². The number of benzene rings is 1. The number of amides is 2. The van der Waals surface area contributed by atoms with Gasteiger partial charge in [-0.2, -0.15) is 0 Å². The van der Waals surface area contributed by atoms with Gasteiger partial charge in [0.15, 0.2) is 6.61 Å². The molecule has 0 saturated heterocycles. The standard InChI is InChI=1S/C17H22N2O7/c1-24-13-7-4-3-6-12(13)17(23)19-10-16(22)26-11-14(20)18-9-5-8-15(21)25-2/h3-4,6-7H,5,8-11H2,1-2H3,(H,18,20)(H,19,23). The molecule has 9 heteroatoms. The van der Waals surface area contributed by atoms with Gasteiger partial charge in [0.1, 0.15) is 12.3 Å². The molecule has 2 amide bonds. The smallest absolute Gasteiger partial charge is 0.325 e. The van der Waals surface area contributed by atoms with Crippen LogP contribution in [0.2, 0.25) is 0 Å². The Kier molecular flexibility index (Phi) is 9.23. The van der Waals surface area contributed by atoms with Crippen LogP contribution in [-0.2, 0) is 23.9 Å². The Bertz CT molecular complexity index is 646. The summed E-state index contributed by atoms with van der Waals surface area (Å²) in [6.07, 6.45) is 0.604. The molecule has 1 rings (SSSR count). The molecule has 26 heavy (non-hydrogen) atoms. The predicted octanol–water partition coefficient (Wildman–Crippen LogP) is 0.0376.